The van der Waals surface area contributed by atoms with E-state index in [1.807, 2.05) is 31.2 Å². The van der Waals surface area contributed by atoms with Crippen LogP contribution in [-0.4, -0.2) is 42.3 Å². The number of anilines is 2. The lowest BCUT2D eigenvalue weighted by molar-refractivity contribution is -0.138. The zero-order chi connectivity index (χ0) is 22.8. The minimum Gasteiger partial charge on any atom is -0.342 e. The molecular formula is C24H25BrFN3O3. The highest BCUT2D eigenvalue weighted by Gasteiger charge is 2.38. The van der Waals surface area contributed by atoms with E-state index in [0.717, 1.165) is 11.3 Å². The van der Waals surface area contributed by atoms with Crippen LogP contribution in [0.5, 0.6) is 0 Å². The average Bonchev–Trinajstić information content (AvgIpc) is 3.17. The van der Waals surface area contributed by atoms with Gasteiger partial charge in [-0.2, -0.15) is 0 Å². The van der Waals surface area contributed by atoms with Crippen molar-refractivity contribution in [3.8, 4) is 0 Å². The van der Waals surface area contributed by atoms with Crippen LogP contribution in [0.15, 0.2) is 46.9 Å². The van der Waals surface area contributed by atoms with Crippen molar-refractivity contribution in [2.24, 2.45) is 11.8 Å². The van der Waals surface area contributed by atoms with Crippen LogP contribution >= 0.6 is 15.9 Å². The molecule has 0 aliphatic carbocycles. The molecule has 8 heteroatoms. The summed E-state index contributed by atoms with van der Waals surface area (Å²) in [7, 11) is 0. The third-order valence-corrected chi connectivity index (χ3v) is 6.68. The first-order chi connectivity index (χ1) is 15.3. The van der Waals surface area contributed by atoms with Crippen molar-refractivity contribution >= 4 is 45.0 Å². The van der Waals surface area contributed by atoms with E-state index in [1.54, 1.807) is 15.9 Å². The van der Waals surface area contributed by atoms with Crippen LogP contribution in [-0.2, 0) is 14.4 Å². The number of carbonyl (C=O) groups is 3. The van der Waals surface area contributed by atoms with Crippen molar-refractivity contribution in [2.45, 2.75) is 26.2 Å². The van der Waals surface area contributed by atoms with Crippen LogP contribution in [0.2, 0.25) is 0 Å². The van der Waals surface area contributed by atoms with Gasteiger partial charge in [-0.25, -0.2) is 4.39 Å². The monoisotopic (exact) mass is 501 g/mol. The molecule has 2 aliphatic rings. The van der Waals surface area contributed by atoms with Gasteiger partial charge in [-0.1, -0.05) is 33.6 Å². The van der Waals surface area contributed by atoms with E-state index in [1.165, 1.54) is 12.1 Å². The van der Waals surface area contributed by atoms with E-state index in [2.05, 4.69) is 21.2 Å². The molecule has 2 saturated heterocycles. The highest BCUT2D eigenvalue weighted by atomic mass is 79.9. The van der Waals surface area contributed by atoms with Gasteiger partial charge in [0, 0.05) is 42.1 Å². The first kappa shape index (κ1) is 22.5. The summed E-state index contributed by atoms with van der Waals surface area (Å²) in [5, 5.41) is 2.65. The van der Waals surface area contributed by atoms with E-state index in [0.29, 0.717) is 36.9 Å². The fraction of sp³-hybridized carbons (Fsp3) is 0.375. The zero-order valence-corrected chi connectivity index (χ0v) is 19.4. The normalized spacial score (nSPS) is 19.3. The molecule has 0 radical (unpaired) electrons. The number of hydrogen-bond donors (Lipinski definition) is 1. The number of nitrogens with zero attached hydrogens (tertiary/aromatic N) is 2. The van der Waals surface area contributed by atoms with Gasteiger partial charge >= 0.3 is 0 Å². The summed E-state index contributed by atoms with van der Waals surface area (Å²) >= 11 is 3.20. The standard InChI is InChI=1S/C24H25BrFN3O3/c1-15-2-5-19(6-3-15)29-14-17(12-22(29)30)24(32)28-10-8-16(9-11-28)23(31)27-21-7-4-18(25)13-20(21)26/h2-7,13,16-17H,8-12,14H2,1H3,(H,27,31). The molecule has 0 spiro atoms. The van der Waals surface area contributed by atoms with Crippen molar-refractivity contribution in [2.75, 3.05) is 29.9 Å². The molecular weight excluding hydrogens is 477 g/mol. The summed E-state index contributed by atoms with van der Waals surface area (Å²) in [6.45, 7) is 3.27. The van der Waals surface area contributed by atoms with Gasteiger partial charge in [0.1, 0.15) is 5.82 Å². The molecule has 6 nitrogen and oxygen atoms in total. The highest BCUT2D eigenvalue weighted by molar-refractivity contribution is 9.10. The first-order valence-electron chi connectivity index (χ1n) is 10.7. The summed E-state index contributed by atoms with van der Waals surface area (Å²) in [5.74, 6) is -1.46. The summed E-state index contributed by atoms with van der Waals surface area (Å²) in [4.78, 5) is 41.5. The van der Waals surface area contributed by atoms with E-state index in [9.17, 15) is 18.8 Å². The van der Waals surface area contributed by atoms with Crippen molar-refractivity contribution in [3.05, 3.63) is 58.3 Å². The lowest BCUT2D eigenvalue weighted by Crippen LogP contribution is -2.44. The van der Waals surface area contributed by atoms with Crippen molar-refractivity contribution in [3.63, 3.8) is 0 Å². The number of benzene rings is 2. The van der Waals surface area contributed by atoms with E-state index in [-0.39, 0.29) is 41.7 Å². The Morgan fingerprint density at radius 3 is 2.41 bits per heavy atom. The molecule has 3 amide bonds. The molecule has 0 aromatic heterocycles. The van der Waals surface area contributed by atoms with Crippen molar-refractivity contribution < 1.29 is 18.8 Å². The van der Waals surface area contributed by atoms with E-state index in [4.69, 9.17) is 0 Å². The maximum Gasteiger partial charge on any atom is 0.228 e. The molecule has 1 unspecified atom stereocenters. The molecule has 2 fully saturated rings. The number of nitrogens with one attached hydrogen (secondary N) is 1. The van der Waals surface area contributed by atoms with Crippen molar-refractivity contribution in [1.29, 1.82) is 0 Å². The Bertz CT molecular complexity index is 1040. The summed E-state index contributed by atoms with van der Waals surface area (Å²) in [6.07, 6.45) is 1.23. The minimum atomic E-state index is -0.496. The molecule has 2 aromatic rings. The topological polar surface area (TPSA) is 69.7 Å². The Hall–Kier alpha value is -2.74. The smallest absolute Gasteiger partial charge is 0.228 e. The third kappa shape index (κ3) is 4.85. The largest absolute Gasteiger partial charge is 0.342 e. The fourth-order valence-electron chi connectivity index (χ4n) is 4.29. The van der Waals surface area contributed by atoms with Gasteiger partial charge in [0.2, 0.25) is 17.7 Å². The molecule has 1 N–H and O–H groups in total. The van der Waals surface area contributed by atoms with Gasteiger partial charge in [-0.15, -0.1) is 0 Å². The zero-order valence-electron chi connectivity index (χ0n) is 17.8. The Balaban J connectivity index is 1.31. The summed E-state index contributed by atoms with van der Waals surface area (Å²) in [5.41, 5.74) is 2.08. The van der Waals surface area contributed by atoms with Gasteiger partial charge in [0.15, 0.2) is 0 Å². The Labute approximate surface area is 194 Å². The predicted molar refractivity (Wildman–Crippen MR) is 124 cm³/mol. The number of likely N-dealkylation sites (tertiary alicyclic amines) is 1. The molecule has 2 aliphatic heterocycles. The van der Waals surface area contributed by atoms with Gasteiger partial charge < -0.3 is 15.1 Å². The maximum atomic E-state index is 14.0. The number of amides is 3. The van der Waals surface area contributed by atoms with Crippen LogP contribution < -0.4 is 10.2 Å². The maximum absolute atomic E-state index is 14.0. The molecule has 168 valence electrons. The van der Waals surface area contributed by atoms with Gasteiger partial charge in [0.05, 0.1) is 11.6 Å². The number of rotatable bonds is 4. The summed E-state index contributed by atoms with van der Waals surface area (Å²) in [6, 6.07) is 12.2. The van der Waals surface area contributed by atoms with E-state index < -0.39 is 5.82 Å². The van der Waals surface area contributed by atoms with Crippen molar-refractivity contribution in [1.82, 2.24) is 4.90 Å². The average molecular weight is 502 g/mol. The summed E-state index contributed by atoms with van der Waals surface area (Å²) < 4.78 is 14.6. The number of piperidine rings is 1. The Morgan fingerprint density at radius 1 is 1.06 bits per heavy atom. The first-order valence-corrected chi connectivity index (χ1v) is 11.5. The second-order valence-electron chi connectivity index (χ2n) is 8.45. The molecule has 32 heavy (non-hydrogen) atoms. The van der Waals surface area contributed by atoms with Crippen LogP contribution in [0.25, 0.3) is 0 Å². The molecule has 2 heterocycles. The number of hydrogen-bond acceptors (Lipinski definition) is 3. The second kappa shape index (κ2) is 9.40. The second-order valence-corrected chi connectivity index (χ2v) is 9.37. The van der Waals surface area contributed by atoms with Crippen LogP contribution in [0, 0.1) is 24.6 Å². The minimum absolute atomic E-state index is 0.0363. The highest BCUT2D eigenvalue weighted by Crippen LogP contribution is 2.29. The Morgan fingerprint density at radius 2 is 1.75 bits per heavy atom. The molecule has 1 atom stereocenters. The quantitative estimate of drug-likeness (QED) is 0.684. The fourth-order valence-corrected chi connectivity index (χ4v) is 4.63. The molecule has 4 rings (SSSR count). The van der Waals surface area contributed by atoms with Gasteiger partial charge in [-0.05, 0) is 50.1 Å². The molecule has 2 aromatic carbocycles. The lowest BCUT2D eigenvalue weighted by Gasteiger charge is -2.33. The Kier molecular flexibility index (Phi) is 6.60. The van der Waals surface area contributed by atoms with E-state index >= 15 is 0 Å². The molecule has 0 bridgehead atoms. The third-order valence-electron chi connectivity index (χ3n) is 6.19. The number of carbonyl (C=O) groups excluding carboxylic acids is 3. The van der Waals surface area contributed by atoms with Gasteiger partial charge in [0.25, 0.3) is 0 Å². The number of halogens is 2. The molecule has 0 saturated carbocycles. The van der Waals surface area contributed by atoms with Crippen LogP contribution in [0.3, 0.4) is 0 Å². The van der Waals surface area contributed by atoms with Crippen LogP contribution in [0.4, 0.5) is 15.8 Å². The van der Waals surface area contributed by atoms with Gasteiger partial charge in [-0.3, -0.25) is 14.4 Å². The SMILES string of the molecule is Cc1ccc(N2CC(C(=O)N3CCC(C(=O)Nc4ccc(Br)cc4F)CC3)CC2=O)cc1. The number of aryl methyl sites for hydroxylation is 1. The lowest BCUT2D eigenvalue weighted by atomic mass is 9.94. The predicted octanol–water partition coefficient (Wildman–Crippen LogP) is 4.13. The van der Waals surface area contributed by atoms with Crippen LogP contribution in [0.1, 0.15) is 24.8 Å².